The highest BCUT2D eigenvalue weighted by molar-refractivity contribution is 6.44. The van der Waals surface area contributed by atoms with Gasteiger partial charge in [0.1, 0.15) is 11.3 Å². The van der Waals surface area contributed by atoms with Crippen molar-refractivity contribution in [1.29, 1.82) is 0 Å². The molecule has 0 atom stereocenters. The summed E-state index contributed by atoms with van der Waals surface area (Å²) in [6.07, 6.45) is 0. The Morgan fingerprint density at radius 2 is 1.80 bits per heavy atom. The molecule has 0 radical (unpaired) electrons. The second-order valence-corrected chi connectivity index (χ2v) is 5.39. The van der Waals surface area contributed by atoms with E-state index in [2.05, 4.69) is 10.1 Å². The number of halogens is 4. The van der Waals surface area contributed by atoms with Crippen LogP contribution < -0.4 is 10.1 Å². The van der Waals surface area contributed by atoms with Crippen molar-refractivity contribution >= 4 is 40.8 Å². The number of esters is 1. The third kappa shape index (κ3) is 5.30. The zero-order valence-corrected chi connectivity index (χ0v) is 14.0. The molecule has 25 heavy (non-hydrogen) atoms. The molecule has 0 saturated heterocycles. The molecular weight excluding hydrogens is 379 g/mol. The Morgan fingerprint density at radius 1 is 1.08 bits per heavy atom. The first-order chi connectivity index (χ1) is 11.9. The summed E-state index contributed by atoms with van der Waals surface area (Å²) >= 11 is 11.7. The zero-order valence-electron chi connectivity index (χ0n) is 12.5. The maximum atomic E-state index is 12.3. The molecule has 1 amide bonds. The Morgan fingerprint density at radius 3 is 2.52 bits per heavy atom. The van der Waals surface area contributed by atoms with Gasteiger partial charge in [0.2, 0.25) is 0 Å². The van der Waals surface area contributed by atoms with Crippen LogP contribution in [0.15, 0.2) is 42.5 Å². The highest BCUT2D eigenvalue weighted by Crippen LogP contribution is 2.29. The number of para-hydroxylation sites is 1. The Balaban J connectivity index is 1.98. The average molecular weight is 390 g/mol. The minimum atomic E-state index is -3.10. The number of anilines is 1. The van der Waals surface area contributed by atoms with Gasteiger partial charge in [-0.05, 0) is 24.3 Å². The number of carbonyl (C=O) groups excluding carboxylic acids is 2. The fourth-order valence-corrected chi connectivity index (χ4v) is 2.18. The predicted molar refractivity (Wildman–Crippen MR) is 88.4 cm³/mol. The molecule has 132 valence electrons. The van der Waals surface area contributed by atoms with Crippen molar-refractivity contribution in [3.05, 3.63) is 58.1 Å². The largest absolute Gasteiger partial charge is 0.452 e. The molecule has 0 unspecified atom stereocenters. The summed E-state index contributed by atoms with van der Waals surface area (Å²) < 4.78 is 33.7. The molecular formula is C16H11Cl2F2NO4. The van der Waals surface area contributed by atoms with Crippen LogP contribution in [0.25, 0.3) is 0 Å². The summed E-state index contributed by atoms with van der Waals surface area (Å²) in [5.74, 6) is -2.01. The Hall–Kier alpha value is -2.38. The molecule has 0 saturated carbocycles. The van der Waals surface area contributed by atoms with Gasteiger partial charge >= 0.3 is 12.6 Å². The van der Waals surface area contributed by atoms with E-state index in [4.69, 9.17) is 27.9 Å². The van der Waals surface area contributed by atoms with Crippen molar-refractivity contribution in [2.45, 2.75) is 6.61 Å². The summed E-state index contributed by atoms with van der Waals surface area (Å²) in [7, 11) is 0. The third-order valence-corrected chi connectivity index (χ3v) is 3.70. The third-order valence-electron chi connectivity index (χ3n) is 2.88. The molecule has 2 aromatic rings. The van der Waals surface area contributed by atoms with Gasteiger partial charge in [-0.3, -0.25) is 4.79 Å². The first kappa shape index (κ1) is 19.0. The van der Waals surface area contributed by atoms with E-state index in [9.17, 15) is 18.4 Å². The number of nitrogens with one attached hydrogen (secondary N) is 1. The number of hydrogen-bond donors (Lipinski definition) is 1. The topological polar surface area (TPSA) is 64.6 Å². The molecule has 0 spiro atoms. The van der Waals surface area contributed by atoms with Gasteiger partial charge in [-0.1, -0.05) is 41.4 Å². The van der Waals surface area contributed by atoms with Crippen LogP contribution in [0, 0.1) is 0 Å². The summed E-state index contributed by atoms with van der Waals surface area (Å²) in [5.41, 5.74) is 0.0213. The minimum absolute atomic E-state index is 0.138. The van der Waals surface area contributed by atoms with Crippen LogP contribution in [0.4, 0.5) is 14.5 Å². The quantitative estimate of drug-likeness (QED) is 0.744. The lowest BCUT2D eigenvalue weighted by atomic mass is 10.2. The van der Waals surface area contributed by atoms with Gasteiger partial charge in [0, 0.05) is 0 Å². The molecule has 9 heteroatoms. The number of carbonyl (C=O) groups is 2. The molecule has 0 aliphatic carbocycles. The van der Waals surface area contributed by atoms with Crippen molar-refractivity contribution < 1.29 is 27.8 Å². The van der Waals surface area contributed by atoms with Crippen molar-refractivity contribution in [1.82, 2.24) is 0 Å². The number of hydrogen-bond acceptors (Lipinski definition) is 4. The van der Waals surface area contributed by atoms with E-state index in [1.165, 1.54) is 30.3 Å². The van der Waals surface area contributed by atoms with Crippen molar-refractivity contribution in [3.63, 3.8) is 0 Å². The molecule has 0 bridgehead atoms. The molecule has 0 aliphatic rings. The predicted octanol–water partition coefficient (Wildman–Crippen LogP) is 4.39. The van der Waals surface area contributed by atoms with Crippen LogP contribution in [0.2, 0.25) is 10.0 Å². The molecule has 2 aromatic carbocycles. The molecule has 0 aliphatic heterocycles. The highest BCUT2D eigenvalue weighted by atomic mass is 35.5. The molecule has 0 fully saturated rings. The molecule has 5 nitrogen and oxygen atoms in total. The standard InChI is InChI=1S/C16H11Cl2F2NO4/c17-10-5-3-6-11(14(10)18)21-13(22)8-24-15(23)9-4-1-2-7-12(9)25-16(19)20/h1-7,16H,8H2,(H,21,22). The van der Waals surface area contributed by atoms with E-state index in [1.54, 1.807) is 12.1 Å². The van der Waals surface area contributed by atoms with Crippen LogP contribution in [0.3, 0.4) is 0 Å². The zero-order chi connectivity index (χ0) is 18.4. The second-order valence-electron chi connectivity index (χ2n) is 4.60. The number of amides is 1. The lowest BCUT2D eigenvalue weighted by molar-refractivity contribution is -0.119. The van der Waals surface area contributed by atoms with Gasteiger partial charge < -0.3 is 14.8 Å². The second kappa shape index (κ2) is 8.64. The molecule has 0 aromatic heterocycles. The Bertz CT molecular complexity index is 786. The normalized spacial score (nSPS) is 10.4. The Kier molecular flexibility index (Phi) is 6.55. The molecule has 1 N–H and O–H groups in total. The maximum absolute atomic E-state index is 12.3. The number of benzene rings is 2. The molecule has 0 heterocycles. The van der Waals surface area contributed by atoms with Crippen LogP contribution in [-0.4, -0.2) is 25.1 Å². The lowest BCUT2D eigenvalue weighted by Crippen LogP contribution is -2.21. The van der Waals surface area contributed by atoms with E-state index in [-0.39, 0.29) is 27.0 Å². The van der Waals surface area contributed by atoms with Crippen molar-refractivity contribution in [2.24, 2.45) is 0 Å². The summed E-state index contributed by atoms with van der Waals surface area (Å²) in [4.78, 5) is 23.8. The van der Waals surface area contributed by atoms with Gasteiger partial charge in [0.25, 0.3) is 5.91 Å². The molecule has 2 rings (SSSR count). The van der Waals surface area contributed by atoms with Crippen LogP contribution in [0.5, 0.6) is 5.75 Å². The fourth-order valence-electron chi connectivity index (χ4n) is 1.83. The number of ether oxygens (including phenoxy) is 2. The van der Waals surface area contributed by atoms with Crippen molar-refractivity contribution in [2.75, 3.05) is 11.9 Å². The van der Waals surface area contributed by atoms with Gasteiger partial charge in [0.15, 0.2) is 6.61 Å². The van der Waals surface area contributed by atoms with Crippen LogP contribution in [-0.2, 0) is 9.53 Å². The van der Waals surface area contributed by atoms with E-state index in [0.717, 1.165) is 0 Å². The fraction of sp³-hybridized carbons (Fsp3) is 0.125. The van der Waals surface area contributed by atoms with E-state index >= 15 is 0 Å². The smallest absolute Gasteiger partial charge is 0.387 e. The van der Waals surface area contributed by atoms with Crippen LogP contribution in [0.1, 0.15) is 10.4 Å². The summed E-state index contributed by atoms with van der Waals surface area (Å²) in [6.45, 7) is -3.74. The van der Waals surface area contributed by atoms with Gasteiger partial charge in [0.05, 0.1) is 15.7 Å². The Labute approximate surface area is 151 Å². The number of rotatable bonds is 6. The maximum Gasteiger partial charge on any atom is 0.387 e. The van der Waals surface area contributed by atoms with Crippen LogP contribution >= 0.6 is 23.2 Å². The first-order valence-corrected chi connectivity index (χ1v) is 7.59. The van der Waals surface area contributed by atoms with E-state index in [1.807, 2.05) is 0 Å². The number of alkyl halides is 2. The minimum Gasteiger partial charge on any atom is -0.452 e. The summed E-state index contributed by atoms with van der Waals surface area (Å²) in [5, 5.41) is 2.80. The van der Waals surface area contributed by atoms with E-state index in [0.29, 0.717) is 0 Å². The first-order valence-electron chi connectivity index (χ1n) is 6.83. The lowest BCUT2D eigenvalue weighted by Gasteiger charge is -2.11. The average Bonchev–Trinajstić information content (AvgIpc) is 2.57. The highest BCUT2D eigenvalue weighted by Gasteiger charge is 2.18. The van der Waals surface area contributed by atoms with Gasteiger partial charge in [-0.25, -0.2) is 4.79 Å². The van der Waals surface area contributed by atoms with Gasteiger partial charge in [-0.2, -0.15) is 8.78 Å². The van der Waals surface area contributed by atoms with E-state index < -0.39 is 25.1 Å². The van der Waals surface area contributed by atoms with Gasteiger partial charge in [-0.15, -0.1) is 0 Å². The summed E-state index contributed by atoms with van der Waals surface area (Å²) in [6, 6.07) is 9.93. The monoisotopic (exact) mass is 389 g/mol. The van der Waals surface area contributed by atoms with Crippen molar-refractivity contribution in [3.8, 4) is 5.75 Å². The SMILES string of the molecule is O=C(COC(=O)c1ccccc1OC(F)F)Nc1cccc(Cl)c1Cl.